The molecule has 7 nitrogen and oxygen atoms in total. The van der Waals surface area contributed by atoms with Gasteiger partial charge in [0.15, 0.2) is 0 Å². The highest BCUT2D eigenvalue weighted by Gasteiger charge is 2.20. The van der Waals surface area contributed by atoms with Gasteiger partial charge in [-0.2, -0.15) is 0 Å². The molecule has 0 fully saturated rings. The smallest absolute Gasteiger partial charge is 0.338 e. The summed E-state index contributed by atoms with van der Waals surface area (Å²) in [4.78, 5) is 37.2. The molecule has 0 amide bonds. The standard InChI is InChI=1S/C27H23NO6S/c1-16(2)21-14-22-19(13-26(29)34-24(22)11-17(21)3)15-33-27(30)18-9-10-25(23(12-18)28(31)32)35-20-7-5-4-6-8-20/h4-14,16H,15H2,1-3H3. The Morgan fingerprint density at radius 3 is 2.51 bits per heavy atom. The maximum absolute atomic E-state index is 12.8. The number of esters is 1. The van der Waals surface area contributed by atoms with Crippen LogP contribution in [0.4, 0.5) is 5.69 Å². The lowest BCUT2D eigenvalue weighted by atomic mass is 9.95. The largest absolute Gasteiger partial charge is 0.457 e. The summed E-state index contributed by atoms with van der Waals surface area (Å²) in [6.07, 6.45) is 0. The highest BCUT2D eigenvalue weighted by Crippen LogP contribution is 2.35. The summed E-state index contributed by atoms with van der Waals surface area (Å²) in [5.74, 6) is -0.462. The van der Waals surface area contributed by atoms with Crippen LogP contribution in [-0.4, -0.2) is 10.9 Å². The summed E-state index contributed by atoms with van der Waals surface area (Å²) < 4.78 is 10.8. The van der Waals surface area contributed by atoms with Crippen LogP contribution in [0.5, 0.6) is 0 Å². The van der Waals surface area contributed by atoms with Gasteiger partial charge in [-0.25, -0.2) is 9.59 Å². The molecule has 0 aliphatic rings. The molecule has 8 heteroatoms. The molecule has 0 spiro atoms. The molecular weight excluding hydrogens is 466 g/mol. The molecule has 1 aromatic heterocycles. The molecule has 0 unspecified atom stereocenters. The van der Waals surface area contributed by atoms with Crippen molar-refractivity contribution >= 4 is 34.4 Å². The Bertz CT molecular complexity index is 1480. The fourth-order valence-corrected chi connectivity index (χ4v) is 4.77. The summed E-state index contributed by atoms with van der Waals surface area (Å²) in [6, 6.07) is 18.6. The number of hydrogen-bond acceptors (Lipinski definition) is 7. The first-order chi connectivity index (χ1) is 16.7. The molecule has 0 radical (unpaired) electrons. The quantitative estimate of drug-likeness (QED) is 0.124. The number of nitro groups is 1. The number of nitrogens with zero attached hydrogens (tertiary/aromatic N) is 1. The van der Waals surface area contributed by atoms with E-state index in [1.54, 1.807) is 0 Å². The van der Waals surface area contributed by atoms with Gasteiger partial charge in [0.1, 0.15) is 12.2 Å². The average molecular weight is 490 g/mol. The van der Waals surface area contributed by atoms with E-state index < -0.39 is 16.5 Å². The van der Waals surface area contributed by atoms with Crippen LogP contribution in [0.25, 0.3) is 11.0 Å². The van der Waals surface area contributed by atoms with Gasteiger partial charge in [-0.15, -0.1) is 0 Å². The Morgan fingerprint density at radius 1 is 1.09 bits per heavy atom. The van der Waals surface area contributed by atoms with E-state index >= 15 is 0 Å². The SMILES string of the molecule is Cc1cc2oc(=O)cc(COC(=O)c3ccc(Sc4ccccc4)c([N+](=O)[O-])c3)c2cc1C(C)C. The molecule has 0 atom stereocenters. The van der Waals surface area contributed by atoms with Crippen molar-refractivity contribution in [3.05, 3.63) is 110 Å². The third kappa shape index (κ3) is 5.44. The van der Waals surface area contributed by atoms with E-state index in [2.05, 4.69) is 13.8 Å². The first-order valence-electron chi connectivity index (χ1n) is 11.0. The van der Waals surface area contributed by atoms with Crippen LogP contribution in [0.1, 0.15) is 46.8 Å². The molecule has 3 aromatic carbocycles. The number of carbonyl (C=O) groups excluding carboxylic acids is 1. The molecule has 35 heavy (non-hydrogen) atoms. The lowest BCUT2D eigenvalue weighted by Crippen LogP contribution is -2.09. The van der Waals surface area contributed by atoms with Gasteiger partial charge in [0.2, 0.25) is 0 Å². The normalized spacial score (nSPS) is 11.1. The average Bonchev–Trinajstić information content (AvgIpc) is 2.82. The zero-order valence-corrected chi connectivity index (χ0v) is 20.3. The van der Waals surface area contributed by atoms with Gasteiger partial charge in [0.05, 0.1) is 15.4 Å². The van der Waals surface area contributed by atoms with Crippen LogP contribution in [0.2, 0.25) is 0 Å². The maximum atomic E-state index is 12.8. The highest BCUT2D eigenvalue weighted by atomic mass is 32.2. The van der Waals surface area contributed by atoms with Crippen LogP contribution in [-0.2, 0) is 11.3 Å². The van der Waals surface area contributed by atoms with Crippen molar-refractivity contribution in [3.63, 3.8) is 0 Å². The number of benzene rings is 3. The minimum atomic E-state index is -0.720. The third-order valence-electron chi connectivity index (χ3n) is 5.56. The van der Waals surface area contributed by atoms with Gasteiger partial charge in [-0.3, -0.25) is 10.1 Å². The predicted molar refractivity (Wildman–Crippen MR) is 134 cm³/mol. The molecule has 178 valence electrons. The molecule has 0 saturated heterocycles. The van der Waals surface area contributed by atoms with Crippen LogP contribution >= 0.6 is 11.8 Å². The third-order valence-corrected chi connectivity index (χ3v) is 6.63. The van der Waals surface area contributed by atoms with E-state index in [0.29, 0.717) is 21.4 Å². The second-order valence-electron chi connectivity index (χ2n) is 8.38. The Kier molecular flexibility index (Phi) is 7.02. The van der Waals surface area contributed by atoms with E-state index in [9.17, 15) is 19.7 Å². The van der Waals surface area contributed by atoms with E-state index in [4.69, 9.17) is 9.15 Å². The number of rotatable bonds is 7. The number of carbonyl (C=O) groups is 1. The number of ether oxygens (including phenoxy) is 1. The van der Waals surface area contributed by atoms with Crippen LogP contribution < -0.4 is 5.63 Å². The van der Waals surface area contributed by atoms with E-state index in [-0.39, 0.29) is 23.8 Å². The van der Waals surface area contributed by atoms with Gasteiger partial charge >= 0.3 is 11.6 Å². The van der Waals surface area contributed by atoms with E-state index in [1.807, 2.05) is 49.4 Å². The molecule has 0 aliphatic carbocycles. The zero-order valence-electron chi connectivity index (χ0n) is 19.4. The van der Waals surface area contributed by atoms with Gasteiger partial charge in [-0.1, -0.05) is 43.8 Å². The Morgan fingerprint density at radius 2 is 1.83 bits per heavy atom. The minimum Gasteiger partial charge on any atom is -0.457 e. The highest BCUT2D eigenvalue weighted by molar-refractivity contribution is 7.99. The van der Waals surface area contributed by atoms with Crippen molar-refractivity contribution < 1.29 is 18.9 Å². The lowest BCUT2D eigenvalue weighted by Gasteiger charge is -2.13. The summed E-state index contributed by atoms with van der Waals surface area (Å²) in [6.45, 7) is 5.92. The summed E-state index contributed by atoms with van der Waals surface area (Å²) in [7, 11) is 0. The molecular formula is C27H23NO6S. The molecule has 1 heterocycles. The molecule has 4 aromatic rings. The van der Waals surface area contributed by atoms with E-state index in [1.165, 1.54) is 36.0 Å². The second-order valence-corrected chi connectivity index (χ2v) is 9.50. The summed E-state index contributed by atoms with van der Waals surface area (Å²) in [5, 5.41) is 12.3. The van der Waals surface area contributed by atoms with Crippen molar-refractivity contribution in [3.8, 4) is 0 Å². The number of fused-ring (bicyclic) bond motifs is 1. The number of aryl methyl sites for hydroxylation is 1. The zero-order chi connectivity index (χ0) is 25.1. The van der Waals surface area contributed by atoms with Gasteiger partial charge in [-0.05, 0) is 60.4 Å². The first kappa shape index (κ1) is 24.2. The van der Waals surface area contributed by atoms with Crippen molar-refractivity contribution in [1.82, 2.24) is 0 Å². The van der Waals surface area contributed by atoms with Crippen LogP contribution in [0.15, 0.2) is 85.7 Å². The Hall–Kier alpha value is -3.91. The monoisotopic (exact) mass is 489 g/mol. The van der Waals surface area contributed by atoms with Gasteiger partial charge < -0.3 is 9.15 Å². The van der Waals surface area contributed by atoms with Crippen LogP contribution in [0, 0.1) is 17.0 Å². The molecule has 0 aliphatic heterocycles. The Labute approximate surface area is 205 Å². The number of hydrogen-bond donors (Lipinski definition) is 0. The fraction of sp³-hybridized carbons (Fsp3) is 0.185. The second kappa shape index (κ2) is 10.1. The van der Waals surface area contributed by atoms with Crippen molar-refractivity contribution in [1.29, 1.82) is 0 Å². The molecule has 4 rings (SSSR count). The molecule has 0 bridgehead atoms. The van der Waals surface area contributed by atoms with E-state index in [0.717, 1.165) is 16.0 Å². The van der Waals surface area contributed by atoms with Crippen molar-refractivity contribution in [2.75, 3.05) is 0 Å². The fourth-order valence-electron chi connectivity index (χ4n) is 3.85. The van der Waals surface area contributed by atoms with Crippen LogP contribution in [0.3, 0.4) is 0 Å². The number of nitro benzene ring substituents is 1. The van der Waals surface area contributed by atoms with Crippen molar-refractivity contribution in [2.24, 2.45) is 0 Å². The first-order valence-corrected chi connectivity index (χ1v) is 11.8. The summed E-state index contributed by atoms with van der Waals surface area (Å²) >= 11 is 1.24. The topological polar surface area (TPSA) is 99.7 Å². The molecule has 0 saturated carbocycles. The maximum Gasteiger partial charge on any atom is 0.338 e. The minimum absolute atomic E-state index is 0.0556. The predicted octanol–water partition coefficient (Wildman–Crippen LogP) is 6.64. The van der Waals surface area contributed by atoms with Gasteiger partial charge in [0, 0.05) is 28.0 Å². The Balaban J connectivity index is 1.60. The van der Waals surface area contributed by atoms with Gasteiger partial charge in [0.25, 0.3) is 5.69 Å². The lowest BCUT2D eigenvalue weighted by molar-refractivity contribution is -0.387. The van der Waals surface area contributed by atoms with Crippen molar-refractivity contribution in [2.45, 2.75) is 43.1 Å². The molecule has 0 N–H and O–H groups in total. The summed E-state index contributed by atoms with van der Waals surface area (Å²) in [5.41, 5.74) is 2.36.